The standard InChI is InChI=1S/C20H35N3O4/c1-4-21(14-19(25)26)16-8-11-22(12-9-16)20(27)17(13-15(2)3)23-10-6-5-7-18(23)24/h15-17H,4-14H2,1-3H3,(H,25,26). The number of amides is 2. The molecule has 2 amide bonds. The van der Waals surface area contributed by atoms with E-state index in [2.05, 4.69) is 13.8 Å². The number of rotatable bonds is 8. The number of nitrogens with zero attached hydrogens (tertiary/aromatic N) is 3. The van der Waals surface area contributed by atoms with Crippen molar-refractivity contribution in [2.75, 3.05) is 32.7 Å². The molecule has 0 radical (unpaired) electrons. The van der Waals surface area contributed by atoms with Gasteiger partial charge in [-0.25, -0.2) is 0 Å². The van der Waals surface area contributed by atoms with Crippen molar-refractivity contribution in [3.05, 3.63) is 0 Å². The van der Waals surface area contributed by atoms with E-state index < -0.39 is 5.97 Å². The number of aliphatic carboxylic acids is 1. The lowest BCUT2D eigenvalue weighted by Gasteiger charge is -2.41. The van der Waals surface area contributed by atoms with Crippen LogP contribution in [0.2, 0.25) is 0 Å². The Morgan fingerprint density at radius 2 is 1.85 bits per heavy atom. The first kappa shape index (κ1) is 21.7. The Bertz CT molecular complexity index is 529. The molecule has 1 N–H and O–H groups in total. The molecule has 0 bridgehead atoms. The Morgan fingerprint density at radius 3 is 2.37 bits per heavy atom. The van der Waals surface area contributed by atoms with Gasteiger partial charge < -0.3 is 14.9 Å². The number of piperidine rings is 2. The smallest absolute Gasteiger partial charge is 0.317 e. The number of carboxylic acid groups (broad SMARTS) is 1. The fourth-order valence-electron chi connectivity index (χ4n) is 4.30. The van der Waals surface area contributed by atoms with Gasteiger partial charge in [-0.1, -0.05) is 20.8 Å². The summed E-state index contributed by atoms with van der Waals surface area (Å²) < 4.78 is 0. The molecule has 0 aliphatic carbocycles. The molecule has 0 spiro atoms. The minimum atomic E-state index is -0.809. The normalized spacial score (nSPS) is 20.4. The van der Waals surface area contributed by atoms with E-state index >= 15 is 0 Å². The van der Waals surface area contributed by atoms with E-state index in [-0.39, 0.29) is 30.4 Å². The van der Waals surface area contributed by atoms with E-state index in [1.54, 1.807) is 4.90 Å². The third-order valence-electron chi connectivity index (χ3n) is 5.75. The molecule has 0 aromatic carbocycles. The van der Waals surface area contributed by atoms with Crippen LogP contribution in [0.3, 0.4) is 0 Å². The van der Waals surface area contributed by atoms with Gasteiger partial charge in [0.2, 0.25) is 11.8 Å². The highest BCUT2D eigenvalue weighted by molar-refractivity contribution is 5.88. The number of likely N-dealkylation sites (N-methyl/N-ethyl adjacent to an activating group) is 1. The van der Waals surface area contributed by atoms with Gasteiger partial charge in [-0.15, -0.1) is 0 Å². The minimum absolute atomic E-state index is 0.0490. The van der Waals surface area contributed by atoms with Gasteiger partial charge in [-0.3, -0.25) is 19.3 Å². The average Bonchev–Trinajstić information content (AvgIpc) is 2.64. The highest BCUT2D eigenvalue weighted by Crippen LogP contribution is 2.23. The molecule has 154 valence electrons. The van der Waals surface area contributed by atoms with E-state index in [1.165, 1.54) is 0 Å². The molecule has 27 heavy (non-hydrogen) atoms. The van der Waals surface area contributed by atoms with Crippen molar-refractivity contribution in [2.45, 2.75) is 71.4 Å². The van der Waals surface area contributed by atoms with Gasteiger partial charge in [0.05, 0.1) is 6.54 Å². The maximum atomic E-state index is 13.2. The lowest BCUT2D eigenvalue weighted by molar-refractivity contribution is -0.149. The number of carboxylic acids is 1. The van der Waals surface area contributed by atoms with Crippen LogP contribution in [-0.2, 0) is 14.4 Å². The third kappa shape index (κ3) is 5.92. The first-order valence-electron chi connectivity index (χ1n) is 10.4. The maximum Gasteiger partial charge on any atom is 0.317 e. The first-order chi connectivity index (χ1) is 12.8. The van der Waals surface area contributed by atoms with Crippen molar-refractivity contribution < 1.29 is 19.5 Å². The number of carbonyl (C=O) groups excluding carboxylic acids is 2. The second-order valence-electron chi connectivity index (χ2n) is 8.20. The Balaban J connectivity index is 2.00. The van der Waals surface area contributed by atoms with Crippen molar-refractivity contribution in [3.8, 4) is 0 Å². The summed E-state index contributed by atoms with van der Waals surface area (Å²) in [7, 11) is 0. The third-order valence-corrected chi connectivity index (χ3v) is 5.75. The maximum absolute atomic E-state index is 13.2. The molecule has 2 heterocycles. The summed E-state index contributed by atoms with van der Waals surface area (Å²) in [6.45, 7) is 8.85. The van der Waals surface area contributed by atoms with Crippen LogP contribution >= 0.6 is 0 Å². The summed E-state index contributed by atoms with van der Waals surface area (Å²) in [6, 6.07) is -0.147. The van der Waals surface area contributed by atoms with E-state index in [9.17, 15) is 14.4 Å². The van der Waals surface area contributed by atoms with Crippen molar-refractivity contribution in [1.29, 1.82) is 0 Å². The van der Waals surface area contributed by atoms with Crippen LogP contribution in [-0.4, -0.2) is 82.4 Å². The van der Waals surface area contributed by atoms with Crippen LogP contribution in [0.4, 0.5) is 0 Å². The van der Waals surface area contributed by atoms with Crippen LogP contribution in [0.5, 0.6) is 0 Å². The summed E-state index contributed by atoms with van der Waals surface area (Å²) in [5.41, 5.74) is 0. The summed E-state index contributed by atoms with van der Waals surface area (Å²) in [5, 5.41) is 9.07. The molecule has 7 heteroatoms. The molecule has 2 rings (SSSR count). The van der Waals surface area contributed by atoms with E-state index in [0.29, 0.717) is 44.9 Å². The Kier molecular flexibility index (Phi) is 8.07. The van der Waals surface area contributed by atoms with Gasteiger partial charge in [-0.2, -0.15) is 0 Å². The second kappa shape index (κ2) is 10.1. The molecular weight excluding hydrogens is 346 g/mol. The van der Waals surface area contributed by atoms with Crippen LogP contribution in [0.1, 0.15) is 59.3 Å². The van der Waals surface area contributed by atoms with Gasteiger partial charge in [0.1, 0.15) is 6.04 Å². The predicted molar refractivity (Wildman–Crippen MR) is 103 cm³/mol. The molecule has 0 saturated carbocycles. The van der Waals surface area contributed by atoms with Crippen molar-refractivity contribution in [2.24, 2.45) is 5.92 Å². The molecule has 1 unspecified atom stereocenters. The summed E-state index contributed by atoms with van der Waals surface area (Å²) in [6.07, 6.45) is 4.70. The van der Waals surface area contributed by atoms with Gasteiger partial charge >= 0.3 is 5.97 Å². The zero-order chi connectivity index (χ0) is 20.0. The van der Waals surface area contributed by atoms with E-state index in [4.69, 9.17) is 5.11 Å². The number of hydrogen-bond acceptors (Lipinski definition) is 4. The number of hydrogen-bond donors (Lipinski definition) is 1. The molecule has 2 fully saturated rings. The molecule has 7 nitrogen and oxygen atoms in total. The van der Waals surface area contributed by atoms with Crippen molar-refractivity contribution >= 4 is 17.8 Å². The van der Waals surface area contributed by atoms with E-state index in [1.807, 2.05) is 16.7 Å². The van der Waals surface area contributed by atoms with Crippen LogP contribution < -0.4 is 0 Å². The Hall–Kier alpha value is -1.63. The summed E-state index contributed by atoms with van der Waals surface area (Å²) in [5.74, 6) is -0.291. The molecule has 2 aliphatic heterocycles. The lowest BCUT2D eigenvalue weighted by Crippen LogP contribution is -2.55. The molecule has 0 aromatic rings. The molecule has 2 saturated heterocycles. The zero-order valence-corrected chi connectivity index (χ0v) is 17.0. The van der Waals surface area contributed by atoms with Crippen LogP contribution in [0.15, 0.2) is 0 Å². The zero-order valence-electron chi connectivity index (χ0n) is 17.0. The monoisotopic (exact) mass is 381 g/mol. The van der Waals surface area contributed by atoms with Gasteiger partial charge in [0.15, 0.2) is 0 Å². The lowest BCUT2D eigenvalue weighted by atomic mass is 9.96. The van der Waals surface area contributed by atoms with Crippen LogP contribution in [0.25, 0.3) is 0 Å². The Morgan fingerprint density at radius 1 is 1.19 bits per heavy atom. The summed E-state index contributed by atoms with van der Waals surface area (Å²) >= 11 is 0. The topological polar surface area (TPSA) is 81.2 Å². The first-order valence-corrected chi connectivity index (χ1v) is 10.4. The molecule has 1 atom stereocenters. The fourth-order valence-corrected chi connectivity index (χ4v) is 4.30. The number of likely N-dealkylation sites (tertiary alicyclic amines) is 2. The molecule has 0 aromatic heterocycles. The SMILES string of the molecule is CCN(CC(=O)O)C1CCN(C(=O)C(CC(C)C)N2CCCCC2=O)CC1. The quantitative estimate of drug-likeness (QED) is 0.693. The predicted octanol–water partition coefficient (Wildman–Crippen LogP) is 1.81. The van der Waals surface area contributed by atoms with Crippen LogP contribution in [0, 0.1) is 5.92 Å². The highest BCUT2D eigenvalue weighted by Gasteiger charge is 2.36. The Labute approximate surface area is 162 Å². The molecular formula is C20H35N3O4. The summed E-state index contributed by atoms with van der Waals surface area (Å²) in [4.78, 5) is 42.3. The van der Waals surface area contributed by atoms with Gasteiger partial charge in [0.25, 0.3) is 0 Å². The largest absolute Gasteiger partial charge is 0.480 e. The van der Waals surface area contributed by atoms with Crippen molar-refractivity contribution in [1.82, 2.24) is 14.7 Å². The van der Waals surface area contributed by atoms with E-state index in [0.717, 1.165) is 25.7 Å². The average molecular weight is 382 g/mol. The van der Waals surface area contributed by atoms with Gasteiger partial charge in [0, 0.05) is 32.1 Å². The highest BCUT2D eigenvalue weighted by atomic mass is 16.4. The second-order valence-corrected chi connectivity index (χ2v) is 8.20. The van der Waals surface area contributed by atoms with Gasteiger partial charge in [-0.05, 0) is 44.6 Å². The fraction of sp³-hybridized carbons (Fsp3) is 0.850. The van der Waals surface area contributed by atoms with Crippen molar-refractivity contribution in [3.63, 3.8) is 0 Å². The minimum Gasteiger partial charge on any atom is -0.480 e. The number of carbonyl (C=O) groups is 3. The molecule has 2 aliphatic rings.